The lowest BCUT2D eigenvalue weighted by atomic mass is 9.95. The zero-order valence-electron chi connectivity index (χ0n) is 21.2. The van der Waals surface area contributed by atoms with Gasteiger partial charge in [0, 0.05) is 20.6 Å². The van der Waals surface area contributed by atoms with Crippen LogP contribution in [0.3, 0.4) is 0 Å². The molecule has 6 nitrogen and oxygen atoms in total. The minimum absolute atomic E-state index is 0.0990. The molecule has 1 N–H and O–H groups in total. The van der Waals surface area contributed by atoms with E-state index in [2.05, 4.69) is 10.3 Å². The second kappa shape index (κ2) is 12.0. The lowest BCUT2D eigenvalue weighted by Gasteiger charge is -2.31. The average molecular weight is 605 g/mol. The number of likely N-dealkylation sites (tertiary alicyclic amines) is 1. The van der Waals surface area contributed by atoms with Crippen molar-refractivity contribution < 1.29 is 49.1 Å². The highest BCUT2D eigenvalue weighted by atomic mass is 32.2. The van der Waals surface area contributed by atoms with Gasteiger partial charge in [-0.1, -0.05) is 12.1 Å². The van der Waals surface area contributed by atoms with E-state index in [4.69, 9.17) is 0 Å². The lowest BCUT2D eigenvalue weighted by molar-refractivity contribution is -0.152. The first-order valence-electron chi connectivity index (χ1n) is 11.9. The summed E-state index contributed by atoms with van der Waals surface area (Å²) in [5.74, 6) is -1.24. The van der Waals surface area contributed by atoms with Crippen molar-refractivity contribution in [3.8, 4) is 0 Å². The van der Waals surface area contributed by atoms with Crippen molar-refractivity contribution in [3.63, 3.8) is 0 Å². The molecule has 222 valence electrons. The molecular formula is C24H25F9N4O2S. The number of nitrogens with zero attached hydrogens (tertiary/aromatic N) is 3. The average Bonchev–Trinajstić information content (AvgIpc) is 3.15. The maximum Gasteiger partial charge on any atom is 0.416 e. The number of amides is 2. The number of allylic oxidation sites excluding steroid dienone is 1. The third kappa shape index (κ3) is 8.62. The number of likely N-dealkylation sites (N-methyl/N-ethyl adjacent to an activating group) is 1. The number of nitrogens with one attached hydrogen (secondary N) is 1. The number of carbonyl (C=O) groups excluding carboxylic acids is 2. The van der Waals surface area contributed by atoms with Gasteiger partial charge in [0.1, 0.15) is 11.9 Å². The van der Waals surface area contributed by atoms with E-state index in [0.29, 0.717) is 30.7 Å². The summed E-state index contributed by atoms with van der Waals surface area (Å²) in [7, 11) is 2.58. The van der Waals surface area contributed by atoms with Crippen molar-refractivity contribution in [2.45, 2.75) is 50.4 Å². The Morgan fingerprint density at radius 1 is 1.10 bits per heavy atom. The summed E-state index contributed by atoms with van der Waals surface area (Å²) >= 11 is 0.678. The van der Waals surface area contributed by atoms with Crippen molar-refractivity contribution in [2.75, 3.05) is 27.2 Å². The van der Waals surface area contributed by atoms with Gasteiger partial charge in [-0.3, -0.25) is 14.5 Å². The molecule has 0 aromatic heterocycles. The highest BCUT2D eigenvalue weighted by Crippen LogP contribution is 2.38. The van der Waals surface area contributed by atoms with Crippen LogP contribution in [0, 0.1) is 5.92 Å². The second-order valence-corrected chi connectivity index (χ2v) is 10.6. The summed E-state index contributed by atoms with van der Waals surface area (Å²) in [4.78, 5) is 30.8. The third-order valence-corrected chi connectivity index (χ3v) is 7.09. The molecule has 1 aromatic rings. The van der Waals surface area contributed by atoms with E-state index in [1.54, 1.807) is 11.0 Å². The number of carbonyl (C=O) groups is 2. The fraction of sp³-hybridized carbons (Fsp3) is 0.542. The molecule has 0 saturated carbocycles. The Balaban J connectivity index is 1.69. The molecule has 2 aliphatic rings. The number of halogens is 9. The summed E-state index contributed by atoms with van der Waals surface area (Å²) in [6.45, 7) is 0.325. The van der Waals surface area contributed by atoms with Crippen molar-refractivity contribution in [1.82, 2.24) is 15.1 Å². The minimum atomic E-state index is -4.98. The van der Waals surface area contributed by atoms with Crippen molar-refractivity contribution in [1.29, 1.82) is 0 Å². The molecule has 2 heterocycles. The van der Waals surface area contributed by atoms with Gasteiger partial charge in [0.25, 0.3) is 0 Å². The van der Waals surface area contributed by atoms with Crippen LogP contribution in [0.25, 0.3) is 0 Å². The number of hydrogen-bond donors (Lipinski definition) is 1. The zero-order valence-corrected chi connectivity index (χ0v) is 22.0. The molecule has 1 fully saturated rings. The van der Waals surface area contributed by atoms with E-state index in [1.165, 1.54) is 14.1 Å². The van der Waals surface area contributed by atoms with E-state index in [1.807, 2.05) is 0 Å². The van der Waals surface area contributed by atoms with Gasteiger partial charge in [-0.25, -0.2) is 0 Å². The standard InChI is InChI=1S/C24H25F9N4O2S/c1-36(2)20(38)17(11-22(25,26)27)34-19-18(40-21(39)35-19)9-13-5-7-37(8-6-13)12-14-3-4-15(23(28,29)30)10-16(14)24(31,32)33/h3-4,9-10,13,17H,5-8,11-12H2,1-2H3,(H,34,35,39). The molecule has 0 aliphatic carbocycles. The molecule has 3 rings (SSSR count). The minimum Gasteiger partial charge on any atom is -0.357 e. The predicted molar refractivity (Wildman–Crippen MR) is 129 cm³/mol. The molecule has 1 atom stereocenters. The summed E-state index contributed by atoms with van der Waals surface area (Å²) in [5.41, 5.74) is -3.05. The molecule has 2 aliphatic heterocycles. The van der Waals surface area contributed by atoms with Crippen LogP contribution in [-0.2, 0) is 23.7 Å². The maximum atomic E-state index is 13.5. The number of hydrogen-bond acceptors (Lipinski definition) is 5. The lowest BCUT2D eigenvalue weighted by Crippen LogP contribution is -2.48. The Hall–Kier alpha value is -2.75. The topological polar surface area (TPSA) is 65.0 Å². The third-order valence-electron chi connectivity index (χ3n) is 6.28. The van der Waals surface area contributed by atoms with Gasteiger partial charge in [-0.2, -0.15) is 44.5 Å². The number of benzene rings is 1. The first-order valence-corrected chi connectivity index (χ1v) is 12.7. The first-order chi connectivity index (χ1) is 18.3. The summed E-state index contributed by atoms with van der Waals surface area (Å²) in [6.07, 6.45) is -13.6. The molecule has 0 bridgehead atoms. The molecule has 1 aromatic carbocycles. The Labute approximate surface area is 227 Å². The molecule has 1 unspecified atom stereocenters. The number of alkyl halides is 9. The molecule has 0 radical (unpaired) electrons. The van der Waals surface area contributed by atoms with E-state index in [-0.39, 0.29) is 47.9 Å². The van der Waals surface area contributed by atoms with Gasteiger partial charge < -0.3 is 10.2 Å². The zero-order chi connectivity index (χ0) is 30.0. The van der Waals surface area contributed by atoms with Crippen LogP contribution in [0.15, 0.2) is 34.2 Å². The maximum absolute atomic E-state index is 13.5. The van der Waals surface area contributed by atoms with Gasteiger partial charge in [0.05, 0.1) is 22.5 Å². The predicted octanol–water partition coefficient (Wildman–Crippen LogP) is 6.08. The van der Waals surface area contributed by atoms with Gasteiger partial charge >= 0.3 is 23.8 Å². The van der Waals surface area contributed by atoms with Crippen LogP contribution in [0.5, 0.6) is 0 Å². The SMILES string of the molecule is CN(C)C(=O)C(CC(F)(F)F)NC1=NC(=O)SC1=CC1CCN(Cc2ccc(C(F)(F)F)cc2C(F)(F)F)CC1. The van der Waals surface area contributed by atoms with Crippen LogP contribution in [0.4, 0.5) is 44.3 Å². The van der Waals surface area contributed by atoms with Crippen molar-refractivity contribution in [2.24, 2.45) is 10.9 Å². The Kier molecular flexibility index (Phi) is 9.54. The number of amidine groups is 1. The number of thioether (sulfide) groups is 1. The summed E-state index contributed by atoms with van der Waals surface area (Å²) in [5, 5.41) is 1.75. The van der Waals surface area contributed by atoms with Crippen molar-refractivity contribution in [3.05, 3.63) is 45.9 Å². The van der Waals surface area contributed by atoms with Crippen LogP contribution in [0.2, 0.25) is 0 Å². The molecule has 40 heavy (non-hydrogen) atoms. The molecule has 0 spiro atoms. The summed E-state index contributed by atoms with van der Waals surface area (Å²) < 4.78 is 118. The molecule has 16 heteroatoms. The van der Waals surface area contributed by atoms with E-state index in [9.17, 15) is 49.1 Å². The normalized spacial score (nSPS) is 19.6. The van der Waals surface area contributed by atoms with Gasteiger partial charge in [-0.05, 0) is 61.3 Å². The Morgan fingerprint density at radius 3 is 2.25 bits per heavy atom. The molecule has 1 saturated heterocycles. The largest absolute Gasteiger partial charge is 0.416 e. The van der Waals surface area contributed by atoms with Crippen LogP contribution in [0.1, 0.15) is 36.0 Å². The van der Waals surface area contributed by atoms with E-state index >= 15 is 0 Å². The number of piperidine rings is 1. The highest BCUT2D eigenvalue weighted by Gasteiger charge is 2.40. The van der Waals surface area contributed by atoms with E-state index < -0.39 is 53.3 Å². The van der Waals surface area contributed by atoms with Gasteiger partial charge in [0.15, 0.2) is 0 Å². The fourth-order valence-electron chi connectivity index (χ4n) is 4.32. The van der Waals surface area contributed by atoms with Gasteiger partial charge in [0.2, 0.25) is 5.91 Å². The monoisotopic (exact) mass is 604 g/mol. The quantitative estimate of drug-likeness (QED) is 0.399. The van der Waals surface area contributed by atoms with Crippen LogP contribution in [-0.4, -0.2) is 66.2 Å². The fourth-order valence-corrected chi connectivity index (χ4v) is 5.11. The smallest absolute Gasteiger partial charge is 0.357 e. The summed E-state index contributed by atoms with van der Waals surface area (Å²) in [6, 6.07) is -0.183. The van der Waals surface area contributed by atoms with Gasteiger partial charge in [-0.15, -0.1) is 0 Å². The first kappa shape index (κ1) is 31.8. The highest BCUT2D eigenvalue weighted by molar-refractivity contribution is 8.18. The van der Waals surface area contributed by atoms with Crippen LogP contribution >= 0.6 is 11.8 Å². The molecular weight excluding hydrogens is 579 g/mol. The van der Waals surface area contributed by atoms with Crippen molar-refractivity contribution >= 4 is 28.7 Å². The van der Waals surface area contributed by atoms with E-state index in [0.717, 1.165) is 11.0 Å². The second-order valence-electron chi connectivity index (χ2n) is 9.59. The Bertz CT molecular complexity index is 1170. The molecule has 2 amide bonds. The van der Waals surface area contributed by atoms with Crippen LogP contribution < -0.4 is 5.32 Å². The number of rotatable bonds is 6. The Morgan fingerprint density at radius 2 is 1.73 bits per heavy atom. The number of aliphatic imine (C=N–C) groups is 1.